The molecule has 3 heterocycles. The second kappa shape index (κ2) is 7.48. The summed E-state index contributed by atoms with van der Waals surface area (Å²) in [4.78, 5) is 30.4. The molecular formula is C19H21N3O5S. The van der Waals surface area contributed by atoms with Crippen LogP contribution in [0.5, 0.6) is 0 Å². The van der Waals surface area contributed by atoms with Gasteiger partial charge in [0.25, 0.3) is 5.91 Å². The maximum absolute atomic E-state index is 13.2. The van der Waals surface area contributed by atoms with E-state index in [0.717, 1.165) is 25.7 Å². The van der Waals surface area contributed by atoms with Crippen LogP contribution in [0.1, 0.15) is 47.1 Å². The molecular weight excluding hydrogens is 382 g/mol. The van der Waals surface area contributed by atoms with E-state index in [1.807, 2.05) is 6.07 Å². The van der Waals surface area contributed by atoms with Gasteiger partial charge >= 0.3 is 5.97 Å². The molecule has 1 atom stereocenters. The molecule has 0 saturated heterocycles. The molecule has 2 aromatic heterocycles. The molecule has 0 fully saturated rings. The molecule has 0 bridgehead atoms. The van der Waals surface area contributed by atoms with Crippen LogP contribution in [0.2, 0.25) is 0 Å². The predicted molar refractivity (Wildman–Crippen MR) is 101 cm³/mol. The zero-order valence-corrected chi connectivity index (χ0v) is 16.3. The van der Waals surface area contributed by atoms with Gasteiger partial charge in [-0.3, -0.25) is 14.5 Å². The summed E-state index contributed by atoms with van der Waals surface area (Å²) >= 11 is -2.29. The first-order valence-electron chi connectivity index (χ1n) is 9.22. The zero-order valence-electron chi connectivity index (χ0n) is 15.5. The lowest BCUT2D eigenvalue weighted by Crippen LogP contribution is -2.41. The Kier molecular flexibility index (Phi) is 5.03. The quantitative estimate of drug-likeness (QED) is 0.619. The van der Waals surface area contributed by atoms with Crippen molar-refractivity contribution >= 4 is 28.8 Å². The molecule has 148 valence electrons. The molecule has 2 aliphatic rings. The molecule has 1 aliphatic carbocycles. The third kappa shape index (κ3) is 3.24. The van der Waals surface area contributed by atoms with Gasteiger partial charge in [-0.05, 0) is 43.4 Å². The van der Waals surface area contributed by atoms with Gasteiger partial charge in [0.1, 0.15) is 18.1 Å². The second-order valence-electron chi connectivity index (χ2n) is 6.96. The number of rotatable bonds is 4. The van der Waals surface area contributed by atoms with Crippen molar-refractivity contribution in [2.24, 2.45) is 0 Å². The van der Waals surface area contributed by atoms with E-state index < -0.39 is 17.0 Å². The van der Waals surface area contributed by atoms with Crippen LogP contribution in [0, 0.1) is 0 Å². The molecule has 2 aromatic rings. The van der Waals surface area contributed by atoms with Crippen molar-refractivity contribution in [1.82, 2.24) is 9.55 Å². The number of anilines is 1. The third-order valence-electron chi connectivity index (χ3n) is 5.27. The van der Waals surface area contributed by atoms with Crippen molar-refractivity contribution in [2.45, 2.75) is 50.7 Å². The number of esters is 1. The van der Waals surface area contributed by atoms with E-state index in [1.54, 1.807) is 0 Å². The summed E-state index contributed by atoms with van der Waals surface area (Å²) in [6.45, 7) is 2.07. The van der Waals surface area contributed by atoms with Crippen molar-refractivity contribution in [1.29, 1.82) is 0 Å². The number of carbonyl (C=O) groups is 2. The summed E-state index contributed by atoms with van der Waals surface area (Å²) in [7, 11) is 0. The van der Waals surface area contributed by atoms with Crippen molar-refractivity contribution < 1.29 is 23.1 Å². The third-order valence-corrected chi connectivity index (χ3v) is 6.03. The van der Waals surface area contributed by atoms with Gasteiger partial charge in [0.2, 0.25) is 0 Å². The molecule has 4 rings (SSSR count). The number of hydrogen-bond donors (Lipinski definition) is 1. The van der Waals surface area contributed by atoms with Gasteiger partial charge in [0, 0.05) is 31.9 Å². The number of amides is 1. The molecule has 9 heteroatoms. The topological polar surface area (TPSA) is 102 Å². The summed E-state index contributed by atoms with van der Waals surface area (Å²) < 4.78 is 28.5. The number of hydrogen-bond acceptors (Lipinski definition) is 5. The van der Waals surface area contributed by atoms with Gasteiger partial charge in [-0.15, -0.1) is 0 Å². The standard InChI is InChI=1S/C19H21N3O5S/c1-12(23)27-11-14-17(28(25)26)6-7-20-18(14)22-9-8-21-15-5-3-2-4-13(15)10-16(21)19(22)24/h6-7,10H,2-5,8-9,11H2,1H3,(H,25,26). The molecule has 0 saturated carbocycles. The average molecular weight is 403 g/mol. The summed E-state index contributed by atoms with van der Waals surface area (Å²) in [5, 5.41) is 0. The molecule has 0 spiro atoms. The van der Waals surface area contributed by atoms with Crippen molar-refractivity contribution in [2.75, 3.05) is 11.4 Å². The zero-order chi connectivity index (χ0) is 19.8. The number of fused-ring (bicyclic) bond motifs is 3. The van der Waals surface area contributed by atoms with Crippen LogP contribution in [0.15, 0.2) is 23.2 Å². The Labute approximate surface area is 164 Å². The molecule has 1 unspecified atom stereocenters. The van der Waals surface area contributed by atoms with Crippen LogP contribution >= 0.6 is 0 Å². The number of carbonyl (C=O) groups excluding carboxylic acids is 2. The van der Waals surface area contributed by atoms with Crippen molar-refractivity contribution in [3.05, 3.63) is 40.8 Å². The smallest absolute Gasteiger partial charge is 0.302 e. The molecule has 0 radical (unpaired) electrons. The van der Waals surface area contributed by atoms with Gasteiger partial charge in [-0.25, -0.2) is 9.19 Å². The Bertz CT molecular complexity index is 984. The second-order valence-corrected chi connectivity index (χ2v) is 7.90. The summed E-state index contributed by atoms with van der Waals surface area (Å²) in [5.41, 5.74) is 3.37. The van der Waals surface area contributed by atoms with Gasteiger partial charge in [0.15, 0.2) is 11.1 Å². The van der Waals surface area contributed by atoms with Crippen LogP contribution in [0.4, 0.5) is 5.82 Å². The largest absolute Gasteiger partial charge is 0.461 e. The van der Waals surface area contributed by atoms with Gasteiger partial charge in [-0.1, -0.05) is 0 Å². The first-order valence-corrected chi connectivity index (χ1v) is 10.3. The highest BCUT2D eigenvalue weighted by Gasteiger charge is 2.32. The minimum Gasteiger partial charge on any atom is -0.461 e. The average Bonchev–Trinajstić information content (AvgIpc) is 3.06. The fraction of sp³-hybridized carbons (Fsp3) is 0.421. The first-order chi connectivity index (χ1) is 13.5. The number of pyridine rings is 1. The highest BCUT2D eigenvalue weighted by molar-refractivity contribution is 7.79. The number of aryl methyl sites for hydroxylation is 1. The van der Waals surface area contributed by atoms with Gasteiger partial charge in [-0.2, -0.15) is 0 Å². The van der Waals surface area contributed by atoms with Crippen LogP contribution in [0.3, 0.4) is 0 Å². The Balaban J connectivity index is 1.74. The van der Waals surface area contributed by atoms with E-state index in [1.165, 1.54) is 35.3 Å². The predicted octanol–water partition coefficient (Wildman–Crippen LogP) is 2.07. The summed E-state index contributed by atoms with van der Waals surface area (Å²) in [6, 6.07) is 3.36. The Morgan fingerprint density at radius 1 is 1.32 bits per heavy atom. The highest BCUT2D eigenvalue weighted by atomic mass is 32.2. The molecule has 1 aliphatic heterocycles. The normalized spacial score (nSPS) is 17.1. The Hall–Kier alpha value is -2.52. The van der Waals surface area contributed by atoms with Gasteiger partial charge in [0.05, 0.1) is 10.5 Å². The van der Waals surface area contributed by atoms with Crippen LogP contribution in [-0.2, 0) is 46.6 Å². The highest BCUT2D eigenvalue weighted by Crippen LogP contribution is 2.32. The summed E-state index contributed by atoms with van der Waals surface area (Å²) in [6.07, 6.45) is 5.62. The maximum Gasteiger partial charge on any atom is 0.302 e. The molecule has 1 amide bonds. The fourth-order valence-electron chi connectivity index (χ4n) is 4.01. The number of nitrogens with zero attached hydrogens (tertiary/aromatic N) is 3. The van der Waals surface area contributed by atoms with Crippen molar-refractivity contribution in [3.63, 3.8) is 0 Å². The molecule has 28 heavy (non-hydrogen) atoms. The number of ether oxygens (including phenoxy) is 1. The van der Waals surface area contributed by atoms with Gasteiger partial charge < -0.3 is 13.9 Å². The SMILES string of the molecule is CC(=O)OCc1c(S(=O)O)ccnc1N1CCn2c(cc3c2CCCC3)C1=O. The maximum atomic E-state index is 13.2. The van der Waals surface area contributed by atoms with Crippen LogP contribution in [0.25, 0.3) is 0 Å². The van der Waals surface area contributed by atoms with E-state index in [4.69, 9.17) is 4.74 Å². The monoisotopic (exact) mass is 403 g/mol. The van der Waals surface area contributed by atoms with Crippen molar-refractivity contribution in [3.8, 4) is 0 Å². The summed E-state index contributed by atoms with van der Waals surface area (Å²) in [5.74, 6) is -0.453. The van der Waals surface area contributed by atoms with Crippen LogP contribution < -0.4 is 4.90 Å². The lowest BCUT2D eigenvalue weighted by molar-refractivity contribution is -0.142. The van der Waals surface area contributed by atoms with E-state index >= 15 is 0 Å². The minimum absolute atomic E-state index is 0.0827. The molecule has 1 N–H and O–H groups in total. The van der Waals surface area contributed by atoms with Crippen LogP contribution in [-0.4, -0.2) is 36.7 Å². The van der Waals surface area contributed by atoms with E-state index in [9.17, 15) is 18.4 Å². The fourth-order valence-corrected chi connectivity index (χ4v) is 4.55. The number of aromatic nitrogens is 2. The minimum atomic E-state index is -2.29. The van der Waals surface area contributed by atoms with E-state index in [0.29, 0.717) is 18.8 Å². The Morgan fingerprint density at radius 3 is 2.86 bits per heavy atom. The van der Waals surface area contributed by atoms with E-state index in [2.05, 4.69) is 9.55 Å². The lowest BCUT2D eigenvalue weighted by Gasteiger charge is -2.30. The lowest BCUT2D eigenvalue weighted by atomic mass is 9.98. The molecule has 0 aromatic carbocycles. The molecule has 8 nitrogen and oxygen atoms in total. The van der Waals surface area contributed by atoms with E-state index in [-0.39, 0.29) is 28.8 Å². The Morgan fingerprint density at radius 2 is 2.11 bits per heavy atom. The first kappa shape index (κ1) is 18.8.